The van der Waals surface area contributed by atoms with Gasteiger partial charge in [0.2, 0.25) is 5.88 Å². The second-order valence-electron chi connectivity index (χ2n) is 8.89. The van der Waals surface area contributed by atoms with Crippen molar-refractivity contribution >= 4 is 17.4 Å². The molecular formula is C23H25F2N4O2+. The standard InChI is InChI=1S/C23H24F2N4O2/c1-12-8-18-20-15(13(2)16(20)10-19(30)27-18)9-17(12)28-22(31)14-4-3-6-26-21(14)29-7-5-23(24,25)11-29/h3-4,6,9-10,12,16,20,30H,5,7-8,11H2,1-2H3,(H,28,31)/p+1/t12?,16?,20-/m1/s1. The summed E-state index contributed by atoms with van der Waals surface area (Å²) in [4.78, 5) is 22.1. The van der Waals surface area contributed by atoms with E-state index in [2.05, 4.69) is 15.3 Å². The Hall–Kier alpha value is -3.03. The fourth-order valence-electron chi connectivity index (χ4n) is 5.07. The summed E-state index contributed by atoms with van der Waals surface area (Å²) >= 11 is 0. The van der Waals surface area contributed by atoms with Crippen LogP contribution in [0.25, 0.3) is 0 Å². The third-order valence-electron chi connectivity index (χ3n) is 6.78. The molecule has 2 aliphatic carbocycles. The average molecular weight is 427 g/mol. The first-order valence-electron chi connectivity index (χ1n) is 10.6. The fourth-order valence-corrected chi connectivity index (χ4v) is 5.07. The lowest BCUT2D eigenvalue weighted by Crippen LogP contribution is -2.36. The average Bonchev–Trinajstić information content (AvgIpc) is 3.03. The van der Waals surface area contributed by atoms with Gasteiger partial charge in [0.1, 0.15) is 12.1 Å². The molecule has 1 saturated heterocycles. The molecule has 1 aromatic rings. The molecule has 0 saturated carbocycles. The number of aliphatic imine (C=N–C) groups is 1. The fraction of sp³-hybridized carbons (Fsp3) is 0.435. The van der Waals surface area contributed by atoms with Crippen LogP contribution in [0.4, 0.5) is 14.6 Å². The van der Waals surface area contributed by atoms with E-state index >= 15 is 0 Å². The summed E-state index contributed by atoms with van der Waals surface area (Å²) < 4.78 is 27.5. The molecule has 3 atom stereocenters. The lowest BCUT2D eigenvalue weighted by Gasteiger charge is -2.40. The summed E-state index contributed by atoms with van der Waals surface area (Å²) in [6, 6.07) is 3.34. The van der Waals surface area contributed by atoms with Crippen LogP contribution in [-0.2, 0) is 0 Å². The van der Waals surface area contributed by atoms with E-state index in [9.17, 15) is 18.7 Å². The Bertz CT molecular complexity index is 1090. The highest BCUT2D eigenvalue weighted by Gasteiger charge is 2.45. The molecule has 3 N–H and O–H groups in total. The Kier molecular flexibility index (Phi) is 4.50. The Labute approximate surface area is 179 Å². The third-order valence-corrected chi connectivity index (χ3v) is 6.78. The van der Waals surface area contributed by atoms with Gasteiger partial charge in [-0.1, -0.05) is 12.5 Å². The molecule has 6 nitrogen and oxygen atoms in total. The van der Waals surface area contributed by atoms with E-state index in [0.717, 1.165) is 22.6 Å². The number of rotatable bonds is 3. The normalized spacial score (nSPS) is 28.7. The molecule has 3 heterocycles. The lowest BCUT2D eigenvalue weighted by molar-refractivity contribution is -0.364. The zero-order valence-corrected chi connectivity index (χ0v) is 17.5. The van der Waals surface area contributed by atoms with Crippen molar-refractivity contribution in [3.63, 3.8) is 0 Å². The summed E-state index contributed by atoms with van der Waals surface area (Å²) in [6.45, 7) is 3.84. The molecule has 31 heavy (non-hydrogen) atoms. The van der Waals surface area contributed by atoms with Gasteiger partial charge in [-0.25, -0.2) is 18.8 Å². The lowest BCUT2D eigenvalue weighted by atomic mass is 9.65. The third kappa shape index (κ3) is 3.34. The first-order chi connectivity index (χ1) is 14.7. The maximum atomic E-state index is 13.7. The molecule has 0 spiro atoms. The first kappa shape index (κ1) is 19.9. The number of alkyl halides is 2. The van der Waals surface area contributed by atoms with Crippen LogP contribution in [0.5, 0.6) is 0 Å². The van der Waals surface area contributed by atoms with Crippen molar-refractivity contribution in [2.24, 2.45) is 22.7 Å². The molecule has 5 rings (SSSR count). The number of carbonyl (C=O) groups excluding carboxylic acids is 1. The van der Waals surface area contributed by atoms with Crippen LogP contribution in [0.15, 0.2) is 58.2 Å². The zero-order valence-electron chi connectivity index (χ0n) is 17.5. The summed E-state index contributed by atoms with van der Waals surface area (Å²) in [6.07, 6.45) is 5.86. The number of hydrogen-bond acceptors (Lipinski definition) is 4. The number of halogens is 2. The molecular weight excluding hydrogens is 402 g/mol. The number of carbonyl (C=O) groups is 1. The van der Waals surface area contributed by atoms with Crippen LogP contribution >= 0.6 is 0 Å². The zero-order chi connectivity index (χ0) is 21.9. The molecule has 1 amide bonds. The quantitative estimate of drug-likeness (QED) is 0.776. The minimum absolute atomic E-state index is 0.00703. The van der Waals surface area contributed by atoms with Crippen molar-refractivity contribution in [2.45, 2.75) is 32.6 Å². The van der Waals surface area contributed by atoms with Gasteiger partial charge in [-0.3, -0.25) is 9.69 Å². The van der Waals surface area contributed by atoms with Gasteiger partial charge in [-0.15, -0.1) is 0 Å². The van der Waals surface area contributed by atoms with E-state index in [4.69, 9.17) is 0 Å². The highest BCUT2D eigenvalue weighted by molar-refractivity contribution is 6.00. The highest BCUT2D eigenvalue weighted by atomic mass is 19.3. The van der Waals surface area contributed by atoms with Crippen LogP contribution in [0, 0.1) is 17.8 Å². The SMILES string of the molecule is CC1=C2C=C(NC(=O)c3ccc[nH+]c3N3CCC(F)(F)C3)C(C)CC3=NC(O)=CC1[C@H]32. The first-order valence-corrected chi connectivity index (χ1v) is 10.6. The molecule has 1 aromatic heterocycles. The number of aromatic nitrogens is 1. The largest absolute Gasteiger partial charge is 0.493 e. The number of nitrogens with zero attached hydrogens (tertiary/aromatic N) is 2. The van der Waals surface area contributed by atoms with Crippen molar-refractivity contribution < 1.29 is 23.7 Å². The number of allylic oxidation sites excluding steroid dienone is 5. The van der Waals surface area contributed by atoms with Crippen molar-refractivity contribution in [1.82, 2.24) is 5.32 Å². The second-order valence-corrected chi connectivity index (χ2v) is 8.89. The summed E-state index contributed by atoms with van der Waals surface area (Å²) in [5.74, 6) is -2.31. The predicted octanol–water partition coefficient (Wildman–Crippen LogP) is 3.42. The molecule has 2 unspecified atom stereocenters. The van der Waals surface area contributed by atoms with Gasteiger partial charge in [-0.05, 0) is 43.2 Å². The van der Waals surface area contributed by atoms with Crippen LogP contribution in [0.2, 0.25) is 0 Å². The summed E-state index contributed by atoms with van der Waals surface area (Å²) in [7, 11) is 0. The van der Waals surface area contributed by atoms with E-state index in [-0.39, 0.29) is 42.5 Å². The van der Waals surface area contributed by atoms with Crippen molar-refractivity contribution in [3.05, 3.63) is 58.8 Å². The van der Waals surface area contributed by atoms with E-state index < -0.39 is 12.5 Å². The number of pyridine rings is 1. The number of aliphatic hydroxyl groups is 1. The maximum absolute atomic E-state index is 13.7. The van der Waals surface area contributed by atoms with E-state index in [1.165, 1.54) is 4.90 Å². The molecule has 8 heteroatoms. The molecule has 1 fully saturated rings. The monoisotopic (exact) mass is 427 g/mol. The predicted molar refractivity (Wildman–Crippen MR) is 112 cm³/mol. The van der Waals surface area contributed by atoms with Gasteiger partial charge < -0.3 is 10.4 Å². The number of nitrogens with one attached hydrogen (secondary N) is 2. The number of anilines is 1. The Morgan fingerprint density at radius 1 is 1.42 bits per heavy atom. The maximum Gasteiger partial charge on any atom is 0.288 e. The van der Waals surface area contributed by atoms with Crippen LogP contribution < -0.4 is 15.2 Å². The molecule has 0 radical (unpaired) electrons. The molecule has 0 aromatic carbocycles. The minimum atomic E-state index is -2.75. The number of aliphatic hydroxyl groups excluding tert-OH is 1. The summed E-state index contributed by atoms with van der Waals surface area (Å²) in [5.41, 5.74) is 4.34. The Morgan fingerprint density at radius 3 is 2.97 bits per heavy atom. The molecule has 162 valence electrons. The van der Waals surface area contributed by atoms with Crippen LogP contribution in [0.1, 0.15) is 37.0 Å². The number of amides is 1. The van der Waals surface area contributed by atoms with Gasteiger partial charge in [0.05, 0.1) is 19.2 Å². The van der Waals surface area contributed by atoms with Gasteiger partial charge in [0, 0.05) is 29.2 Å². The van der Waals surface area contributed by atoms with Crippen LogP contribution in [0.3, 0.4) is 0 Å². The number of aromatic amines is 1. The van der Waals surface area contributed by atoms with E-state index in [1.807, 2.05) is 19.9 Å². The Morgan fingerprint density at radius 2 is 2.23 bits per heavy atom. The van der Waals surface area contributed by atoms with E-state index in [0.29, 0.717) is 17.8 Å². The van der Waals surface area contributed by atoms with Gasteiger partial charge >= 0.3 is 0 Å². The van der Waals surface area contributed by atoms with Gasteiger partial charge in [-0.2, -0.15) is 0 Å². The van der Waals surface area contributed by atoms with Crippen molar-refractivity contribution in [3.8, 4) is 0 Å². The smallest absolute Gasteiger partial charge is 0.288 e. The van der Waals surface area contributed by atoms with Gasteiger partial charge in [0.15, 0.2) is 0 Å². The summed E-state index contributed by atoms with van der Waals surface area (Å²) in [5, 5.41) is 13.0. The molecule has 2 aliphatic heterocycles. The van der Waals surface area contributed by atoms with Crippen LogP contribution in [-0.4, -0.2) is 35.7 Å². The molecule has 4 aliphatic rings. The van der Waals surface area contributed by atoms with Crippen molar-refractivity contribution in [1.29, 1.82) is 0 Å². The number of hydrogen-bond donors (Lipinski definition) is 2. The van der Waals surface area contributed by atoms with Gasteiger partial charge in [0.25, 0.3) is 17.6 Å². The Balaban J connectivity index is 1.42. The van der Waals surface area contributed by atoms with Crippen molar-refractivity contribution in [2.75, 3.05) is 18.0 Å². The molecule has 0 bridgehead atoms. The van der Waals surface area contributed by atoms with E-state index in [1.54, 1.807) is 24.4 Å². The second kappa shape index (κ2) is 7.00. The highest BCUT2D eigenvalue weighted by Crippen LogP contribution is 2.49. The topological polar surface area (TPSA) is 79.1 Å². The number of H-pyrrole nitrogens is 1. The minimum Gasteiger partial charge on any atom is -0.493 e.